The van der Waals surface area contributed by atoms with E-state index in [1.807, 2.05) is 49.4 Å². The Hall–Kier alpha value is -2.67. The molecule has 2 fully saturated rings. The Morgan fingerprint density at radius 2 is 1.57 bits per heavy atom. The van der Waals surface area contributed by atoms with E-state index in [-0.39, 0.29) is 17.0 Å². The molecule has 0 spiro atoms. The van der Waals surface area contributed by atoms with Gasteiger partial charge in [-0.3, -0.25) is 4.90 Å². The number of hydrogen-bond acceptors (Lipinski definition) is 4. The number of nitrogens with one attached hydrogen (secondary N) is 1. The zero-order chi connectivity index (χ0) is 24.4. The summed E-state index contributed by atoms with van der Waals surface area (Å²) < 4.78 is 26.1. The summed E-state index contributed by atoms with van der Waals surface area (Å²) in [6, 6.07) is 25.2. The molecular weight excluding hydrogens is 478 g/mol. The summed E-state index contributed by atoms with van der Waals surface area (Å²) in [6.07, 6.45) is 6.02. The van der Waals surface area contributed by atoms with Crippen molar-refractivity contribution in [1.29, 1.82) is 0 Å². The van der Waals surface area contributed by atoms with Crippen LogP contribution in [0.25, 0.3) is 0 Å². The van der Waals surface area contributed by atoms with Crippen LogP contribution in [0.2, 0.25) is 5.02 Å². The second-order valence-electron chi connectivity index (χ2n) is 9.45. The molecule has 1 saturated heterocycles. The van der Waals surface area contributed by atoms with E-state index in [9.17, 15) is 8.42 Å². The van der Waals surface area contributed by atoms with Crippen LogP contribution in [0.4, 0.5) is 0 Å². The maximum Gasteiger partial charge on any atom is 0.276 e. The first-order chi connectivity index (χ1) is 16.9. The zero-order valence-corrected chi connectivity index (χ0v) is 21.3. The summed E-state index contributed by atoms with van der Waals surface area (Å²) in [5.74, 6) is 0. The molecule has 1 aliphatic heterocycles. The van der Waals surface area contributed by atoms with Crippen LogP contribution in [0.5, 0.6) is 0 Å². The van der Waals surface area contributed by atoms with Crippen LogP contribution in [-0.4, -0.2) is 31.1 Å². The molecule has 182 valence electrons. The van der Waals surface area contributed by atoms with Crippen LogP contribution < -0.4 is 4.83 Å². The third-order valence-electron chi connectivity index (χ3n) is 7.03. The molecule has 7 heteroatoms. The summed E-state index contributed by atoms with van der Waals surface area (Å²) in [6.45, 7) is 1.93. The van der Waals surface area contributed by atoms with Crippen molar-refractivity contribution in [2.75, 3.05) is 0 Å². The number of nitrogens with zero attached hydrogens (tertiary/aromatic N) is 2. The van der Waals surface area contributed by atoms with Crippen molar-refractivity contribution in [3.63, 3.8) is 0 Å². The van der Waals surface area contributed by atoms with E-state index in [1.54, 1.807) is 24.3 Å². The summed E-state index contributed by atoms with van der Waals surface area (Å²) in [5.41, 5.74) is 3.84. The SMILES string of the molecule is Cc1ccc(S(=O)(=O)N/N=C(/c2ccccc2)[C@H]2[C@@H](c3ccc(Cl)cc3)N2C2CCCCC2)cc1. The van der Waals surface area contributed by atoms with E-state index in [0.29, 0.717) is 11.1 Å². The maximum absolute atomic E-state index is 13.0. The molecule has 3 atom stereocenters. The fourth-order valence-electron chi connectivity index (χ4n) is 5.18. The topological polar surface area (TPSA) is 61.5 Å². The molecule has 0 amide bonds. The third-order valence-corrected chi connectivity index (χ3v) is 8.50. The van der Waals surface area contributed by atoms with Crippen molar-refractivity contribution in [2.45, 2.75) is 62.0 Å². The molecule has 2 aliphatic rings. The molecule has 3 aromatic carbocycles. The van der Waals surface area contributed by atoms with Crippen molar-refractivity contribution in [1.82, 2.24) is 9.73 Å². The first-order valence-electron chi connectivity index (χ1n) is 12.2. The molecule has 1 aliphatic carbocycles. The second kappa shape index (κ2) is 10.1. The second-order valence-corrected chi connectivity index (χ2v) is 11.5. The molecular formula is C28H30ClN3O2S. The van der Waals surface area contributed by atoms with Crippen molar-refractivity contribution >= 4 is 27.3 Å². The van der Waals surface area contributed by atoms with Crippen molar-refractivity contribution in [2.24, 2.45) is 5.10 Å². The van der Waals surface area contributed by atoms with E-state index in [4.69, 9.17) is 11.6 Å². The fraction of sp³-hybridized carbons (Fsp3) is 0.321. The standard InChI is InChI=1S/C28H30ClN3O2S/c1-20-12-18-25(19-13-20)35(33,34)31-30-26(21-8-4-2-5-9-21)28-27(22-14-16-23(29)17-15-22)32(28)24-10-6-3-7-11-24/h2,4-5,8-9,12-19,24,27-28,31H,3,6-7,10-11H2,1H3/b30-26-/t27-,28+,32?/m1/s1. The first-order valence-corrected chi connectivity index (χ1v) is 14.0. The minimum atomic E-state index is -3.79. The molecule has 1 N–H and O–H groups in total. The van der Waals surface area contributed by atoms with Gasteiger partial charge in [-0.05, 0) is 55.2 Å². The number of benzene rings is 3. The number of aryl methyl sites for hydroxylation is 1. The molecule has 5 nitrogen and oxygen atoms in total. The van der Waals surface area contributed by atoms with Gasteiger partial charge in [0, 0.05) is 11.1 Å². The van der Waals surface area contributed by atoms with Crippen molar-refractivity contribution < 1.29 is 8.42 Å². The largest absolute Gasteiger partial charge is 0.281 e. The van der Waals surface area contributed by atoms with Gasteiger partial charge >= 0.3 is 0 Å². The molecule has 1 heterocycles. The highest BCUT2D eigenvalue weighted by atomic mass is 35.5. The quantitative estimate of drug-likeness (QED) is 0.239. The summed E-state index contributed by atoms with van der Waals surface area (Å²) in [4.78, 5) is 5.24. The third kappa shape index (κ3) is 5.30. The fourth-order valence-corrected chi connectivity index (χ4v) is 6.12. The van der Waals surface area contributed by atoms with E-state index < -0.39 is 10.0 Å². The highest BCUT2D eigenvalue weighted by Crippen LogP contribution is 2.49. The molecule has 35 heavy (non-hydrogen) atoms. The predicted molar refractivity (Wildman–Crippen MR) is 141 cm³/mol. The van der Waals surface area contributed by atoms with Gasteiger partial charge in [0.1, 0.15) is 0 Å². The number of sulfonamides is 1. The van der Waals surface area contributed by atoms with Crippen LogP contribution in [0.1, 0.15) is 54.8 Å². The lowest BCUT2D eigenvalue weighted by molar-refractivity contribution is 0.277. The molecule has 3 aromatic rings. The van der Waals surface area contributed by atoms with Crippen LogP contribution >= 0.6 is 11.6 Å². The molecule has 1 unspecified atom stereocenters. The van der Waals surface area contributed by atoms with Crippen LogP contribution in [0, 0.1) is 6.92 Å². The number of hydrazone groups is 1. The lowest BCUT2D eigenvalue weighted by Gasteiger charge is -2.24. The smallest absolute Gasteiger partial charge is 0.276 e. The first kappa shape index (κ1) is 24.0. The number of halogens is 1. The zero-order valence-electron chi connectivity index (χ0n) is 19.8. The minimum Gasteiger partial charge on any atom is -0.281 e. The van der Waals surface area contributed by atoms with E-state index >= 15 is 0 Å². The average Bonchev–Trinajstić information content (AvgIpc) is 3.61. The molecule has 5 rings (SSSR count). The predicted octanol–water partition coefficient (Wildman–Crippen LogP) is 6.09. The number of hydrogen-bond donors (Lipinski definition) is 1. The lowest BCUT2D eigenvalue weighted by atomic mass is 9.95. The Bertz CT molecular complexity index is 1290. The Labute approximate surface area is 212 Å². The summed E-state index contributed by atoms with van der Waals surface area (Å²) in [5, 5.41) is 5.28. The highest BCUT2D eigenvalue weighted by Gasteiger charge is 2.55. The maximum atomic E-state index is 13.0. The van der Waals surface area contributed by atoms with Gasteiger partial charge in [-0.1, -0.05) is 91.0 Å². The van der Waals surface area contributed by atoms with Crippen LogP contribution in [-0.2, 0) is 10.0 Å². The summed E-state index contributed by atoms with van der Waals surface area (Å²) in [7, 11) is -3.79. The van der Waals surface area contributed by atoms with Gasteiger partial charge in [0.05, 0.1) is 22.7 Å². The van der Waals surface area contributed by atoms with E-state index in [1.165, 1.54) is 24.8 Å². The Morgan fingerprint density at radius 1 is 0.914 bits per heavy atom. The van der Waals surface area contributed by atoms with Crippen molar-refractivity contribution in [3.05, 3.63) is 101 Å². The lowest BCUT2D eigenvalue weighted by Crippen LogP contribution is -2.28. The molecule has 1 saturated carbocycles. The Kier molecular flexibility index (Phi) is 6.96. The van der Waals surface area contributed by atoms with Gasteiger partial charge in [-0.2, -0.15) is 18.4 Å². The average molecular weight is 508 g/mol. The Balaban J connectivity index is 1.52. The van der Waals surface area contributed by atoms with E-state index in [2.05, 4.69) is 27.0 Å². The molecule has 0 bridgehead atoms. The molecule has 0 radical (unpaired) electrons. The van der Waals surface area contributed by atoms with Gasteiger partial charge in [0.2, 0.25) is 0 Å². The Morgan fingerprint density at radius 3 is 2.23 bits per heavy atom. The molecule has 0 aromatic heterocycles. The van der Waals surface area contributed by atoms with Crippen molar-refractivity contribution in [3.8, 4) is 0 Å². The highest BCUT2D eigenvalue weighted by molar-refractivity contribution is 7.89. The van der Waals surface area contributed by atoms with Gasteiger partial charge in [-0.25, -0.2) is 0 Å². The normalized spacial score (nSPS) is 23.1. The van der Waals surface area contributed by atoms with Crippen LogP contribution in [0.15, 0.2) is 88.9 Å². The van der Waals surface area contributed by atoms with Gasteiger partial charge in [-0.15, -0.1) is 0 Å². The minimum absolute atomic E-state index is 0.0117. The van der Waals surface area contributed by atoms with Crippen LogP contribution in [0.3, 0.4) is 0 Å². The van der Waals surface area contributed by atoms with Gasteiger partial charge < -0.3 is 0 Å². The van der Waals surface area contributed by atoms with Gasteiger partial charge in [0.15, 0.2) is 0 Å². The number of rotatable bonds is 7. The monoisotopic (exact) mass is 507 g/mol. The van der Waals surface area contributed by atoms with E-state index in [0.717, 1.165) is 29.7 Å². The summed E-state index contributed by atoms with van der Waals surface area (Å²) >= 11 is 6.17. The van der Waals surface area contributed by atoms with Gasteiger partial charge in [0.25, 0.3) is 10.0 Å².